The number of carbonyl (C=O) groups excluding carboxylic acids is 1. The van der Waals surface area contributed by atoms with Crippen molar-refractivity contribution in [2.24, 2.45) is 5.73 Å². The quantitative estimate of drug-likeness (QED) is 0.633. The van der Waals surface area contributed by atoms with E-state index in [2.05, 4.69) is 17.6 Å². The molecular formula is C7H8N2OS. The predicted molar refractivity (Wildman–Crippen MR) is 45.2 cm³/mol. The first-order valence-electron chi connectivity index (χ1n) is 3.09. The molecule has 1 unspecified atom stereocenters. The molecule has 4 heteroatoms. The van der Waals surface area contributed by atoms with Crippen LogP contribution in [0.25, 0.3) is 0 Å². The first-order valence-corrected chi connectivity index (χ1v) is 3.61. The highest BCUT2D eigenvalue weighted by atomic mass is 32.1. The molecule has 0 saturated carbocycles. The lowest BCUT2D eigenvalue weighted by Gasteiger charge is -2.03. The van der Waals surface area contributed by atoms with Crippen molar-refractivity contribution in [1.29, 1.82) is 0 Å². The summed E-state index contributed by atoms with van der Waals surface area (Å²) < 4.78 is 0. The molecule has 0 saturated heterocycles. The van der Waals surface area contributed by atoms with Gasteiger partial charge in [0, 0.05) is 12.4 Å². The van der Waals surface area contributed by atoms with Crippen molar-refractivity contribution in [3.63, 3.8) is 0 Å². The lowest BCUT2D eigenvalue weighted by molar-refractivity contribution is -0.117. The second-order valence-corrected chi connectivity index (χ2v) is 2.61. The van der Waals surface area contributed by atoms with Crippen molar-refractivity contribution in [2.75, 3.05) is 0 Å². The molecule has 1 aromatic rings. The number of nitrogens with zero attached hydrogens (tertiary/aromatic N) is 1. The molecule has 0 aliphatic carbocycles. The van der Waals surface area contributed by atoms with Crippen molar-refractivity contribution in [2.45, 2.75) is 5.25 Å². The molecule has 1 rings (SSSR count). The van der Waals surface area contributed by atoms with E-state index in [-0.39, 0.29) is 0 Å². The van der Waals surface area contributed by atoms with Crippen molar-refractivity contribution in [3.05, 3.63) is 30.1 Å². The summed E-state index contributed by atoms with van der Waals surface area (Å²) >= 11 is 4.00. The summed E-state index contributed by atoms with van der Waals surface area (Å²) in [4.78, 5) is 14.4. The van der Waals surface area contributed by atoms with E-state index in [1.54, 1.807) is 24.5 Å². The largest absolute Gasteiger partial charge is 0.368 e. The Hall–Kier alpha value is -1.03. The highest BCUT2D eigenvalue weighted by molar-refractivity contribution is 7.81. The fourth-order valence-corrected chi connectivity index (χ4v) is 0.855. The lowest BCUT2D eigenvalue weighted by Crippen LogP contribution is -2.17. The van der Waals surface area contributed by atoms with Gasteiger partial charge in [-0.25, -0.2) is 0 Å². The number of hydrogen-bond acceptors (Lipinski definition) is 3. The first kappa shape index (κ1) is 8.07. The van der Waals surface area contributed by atoms with Gasteiger partial charge in [0.15, 0.2) is 0 Å². The number of primary amides is 1. The number of rotatable bonds is 2. The normalized spacial score (nSPS) is 12.5. The molecule has 0 radical (unpaired) electrons. The number of aromatic nitrogens is 1. The lowest BCUT2D eigenvalue weighted by atomic mass is 10.2. The second kappa shape index (κ2) is 3.39. The summed E-state index contributed by atoms with van der Waals surface area (Å²) in [5.41, 5.74) is 5.75. The van der Waals surface area contributed by atoms with E-state index >= 15 is 0 Å². The standard InChI is InChI=1S/C7H8N2OS/c8-7(10)6(11)5-2-1-3-9-4-5/h1-4,6,11H,(H2,8,10). The van der Waals surface area contributed by atoms with E-state index in [1.165, 1.54) is 0 Å². The number of amides is 1. The maximum atomic E-state index is 10.6. The predicted octanol–water partition coefficient (Wildman–Crippen LogP) is 0.538. The molecule has 0 aromatic carbocycles. The maximum Gasteiger partial charge on any atom is 0.234 e. The molecule has 3 nitrogen and oxygen atoms in total. The van der Waals surface area contributed by atoms with E-state index in [0.29, 0.717) is 0 Å². The van der Waals surface area contributed by atoms with Gasteiger partial charge in [0.2, 0.25) is 5.91 Å². The summed E-state index contributed by atoms with van der Waals surface area (Å²) in [5, 5.41) is -0.552. The van der Waals surface area contributed by atoms with E-state index in [9.17, 15) is 4.79 Å². The minimum atomic E-state index is -0.552. The average molecular weight is 168 g/mol. The van der Waals surface area contributed by atoms with Crippen LogP contribution in [0.4, 0.5) is 0 Å². The van der Waals surface area contributed by atoms with E-state index in [4.69, 9.17) is 5.73 Å². The SMILES string of the molecule is NC(=O)C(S)c1cccnc1. The molecule has 0 fully saturated rings. The van der Waals surface area contributed by atoms with E-state index in [0.717, 1.165) is 5.56 Å². The highest BCUT2D eigenvalue weighted by Gasteiger charge is 2.11. The number of carbonyl (C=O) groups is 1. The third-order valence-electron chi connectivity index (χ3n) is 1.27. The molecule has 0 aliphatic heterocycles. The number of nitrogens with two attached hydrogens (primary N) is 1. The van der Waals surface area contributed by atoms with Gasteiger partial charge in [-0.1, -0.05) is 6.07 Å². The minimum absolute atomic E-state index is 0.457. The van der Waals surface area contributed by atoms with Crippen LogP contribution < -0.4 is 5.73 Å². The van der Waals surface area contributed by atoms with Crippen LogP contribution in [0, 0.1) is 0 Å². The van der Waals surface area contributed by atoms with Gasteiger partial charge in [0.1, 0.15) is 5.25 Å². The molecular weight excluding hydrogens is 160 g/mol. The van der Waals surface area contributed by atoms with E-state index in [1.807, 2.05) is 0 Å². The average Bonchev–Trinajstić information content (AvgIpc) is 2.05. The van der Waals surface area contributed by atoms with Crippen LogP contribution in [-0.4, -0.2) is 10.9 Å². The van der Waals surface area contributed by atoms with Gasteiger partial charge in [-0.2, -0.15) is 12.6 Å². The van der Waals surface area contributed by atoms with Crippen LogP contribution in [0.2, 0.25) is 0 Å². The van der Waals surface area contributed by atoms with Gasteiger partial charge in [-0.15, -0.1) is 0 Å². The Morgan fingerprint density at radius 1 is 1.73 bits per heavy atom. The third kappa shape index (κ3) is 1.94. The van der Waals surface area contributed by atoms with Gasteiger partial charge in [-0.3, -0.25) is 9.78 Å². The Kier molecular flexibility index (Phi) is 2.48. The Morgan fingerprint density at radius 3 is 2.91 bits per heavy atom. The number of pyridine rings is 1. The Morgan fingerprint density at radius 2 is 2.45 bits per heavy atom. The fourth-order valence-electron chi connectivity index (χ4n) is 0.702. The van der Waals surface area contributed by atoms with Gasteiger partial charge >= 0.3 is 0 Å². The minimum Gasteiger partial charge on any atom is -0.368 e. The number of hydrogen-bond donors (Lipinski definition) is 2. The second-order valence-electron chi connectivity index (χ2n) is 2.09. The molecule has 0 aliphatic rings. The molecule has 1 amide bonds. The smallest absolute Gasteiger partial charge is 0.234 e. The van der Waals surface area contributed by atoms with Crippen molar-refractivity contribution in [1.82, 2.24) is 4.98 Å². The summed E-state index contributed by atoms with van der Waals surface area (Å²) in [6.45, 7) is 0. The van der Waals surface area contributed by atoms with Crippen molar-refractivity contribution in [3.8, 4) is 0 Å². The molecule has 11 heavy (non-hydrogen) atoms. The van der Waals surface area contributed by atoms with Crippen LogP contribution in [0.1, 0.15) is 10.8 Å². The topological polar surface area (TPSA) is 56.0 Å². The van der Waals surface area contributed by atoms with Gasteiger partial charge in [0.05, 0.1) is 0 Å². The van der Waals surface area contributed by atoms with Gasteiger partial charge in [0.25, 0.3) is 0 Å². The van der Waals surface area contributed by atoms with Crippen molar-refractivity contribution < 1.29 is 4.79 Å². The summed E-state index contributed by atoms with van der Waals surface area (Å²) in [5.74, 6) is -0.457. The molecule has 2 N–H and O–H groups in total. The molecule has 1 atom stereocenters. The molecule has 0 spiro atoms. The molecule has 1 aromatic heterocycles. The zero-order chi connectivity index (χ0) is 8.27. The first-order chi connectivity index (χ1) is 5.22. The van der Waals surface area contributed by atoms with Crippen LogP contribution in [0.5, 0.6) is 0 Å². The Bertz CT molecular complexity index is 250. The molecule has 0 bridgehead atoms. The summed E-state index contributed by atoms with van der Waals surface area (Å²) in [7, 11) is 0. The summed E-state index contributed by atoms with van der Waals surface area (Å²) in [6.07, 6.45) is 3.20. The molecule has 1 heterocycles. The van der Waals surface area contributed by atoms with Crippen LogP contribution in [0.3, 0.4) is 0 Å². The summed E-state index contributed by atoms with van der Waals surface area (Å²) in [6, 6.07) is 3.50. The Labute approximate surface area is 70.0 Å². The van der Waals surface area contributed by atoms with Crippen molar-refractivity contribution >= 4 is 18.5 Å². The zero-order valence-corrected chi connectivity index (χ0v) is 6.66. The third-order valence-corrected chi connectivity index (χ3v) is 1.82. The van der Waals surface area contributed by atoms with Crippen LogP contribution in [0.15, 0.2) is 24.5 Å². The monoisotopic (exact) mass is 168 g/mol. The van der Waals surface area contributed by atoms with E-state index < -0.39 is 11.2 Å². The van der Waals surface area contributed by atoms with Crippen LogP contribution in [-0.2, 0) is 4.79 Å². The maximum absolute atomic E-state index is 10.6. The van der Waals surface area contributed by atoms with Gasteiger partial charge in [-0.05, 0) is 11.6 Å². The Balaban J connectivity index is 2.85. The molecule has 58 valence electrons. The van der Waals surface area contributed by atoms with Crippen LogP contribution >= 0.6 is 12.6 Å². The zero-order valence-electron chi connectivity index (χ0n) is 5.77. The number of thiol groups is 1. The fraction of sp³-hybridized carbons (Fsp3) is 0.143. The highest BCUT2D eigenvalue weighted by Crippen LogP contribution is 2.16. The van der Waals surface area contributed by atoms with Gasteiger partial charge < -0.3 is 5.73 Å².